The molecule has 0 aromatic carbocycles. The fraction of sp³-hybridized carbons (Fsp3) is 0.700. The number of carbonyl (C=O) groups is 1. The van der Waals surface area contributed by atoms with Crippen molar-refractivity contribution in [2.75, 3.05) is 49.9 Å². The summed E-state index contributed by atoms with van der Waals surface area (Å²) in [5, 5.41) is 0. The van der Waals surface area contributed by atoms with Gasteiger partial charge in [0, 0.05) is 63.3 Å². The molecule has 1 amide bonds. The molecule has 0 bridgehead atoms. The van der Waals surface area contributed by atoms with Crippen LogP contribution < -0.4 is 4.90 Å². The number of hydrogen-bond donors (Lipinski definition) is 0. The summed E-state index contributed by atoms with van der Waals surface area (Å²) in [7, 11) is -3.17. The molecule has 3 atom stereocenters. The Labute approximate surface area is 167 Å². The quantitative estimate of drug-likeness (QED) is 0.740. The summed E-state index contributed by atoms with van der Waals surface area (Å²) < 4.78 is 26.5. The maximum atomic E-state index is 13.1. The second-order valence-electron chi connectivity index (χ2n) is 8.25. The molecule has 0 unspecified atom stereocenters. The van der Waals surface area contributed by atoms with Crippen molar-refractivity contribution in [3.05, 3.63) is 24.5 Å². The van der Waals surface area contributed by atoms with Crippen LogP contribution in [0, 0.1) is 17.8 Å². The van der Waals surface area contributed by atoms with Gasteiger partial charge in [-0.1, -0.05) is 6.92 Å². The number of piperazine rings is 1. The van der Waals surface area contributed by atoms with E-state index in [2.05, 4.69) is 9.88 Å². The molecule has 8 heteroatoms. The molecule has 1 saturated carbocycles. The summed E-state index contributed by atoms with van der Waals surface area (Å²) in [6.07, 6.45) is 6.05. The standard InChI is InChI=1S/C20H30N4O3S/c1-2-13-28(26,27)24-8-5-16-14-18(19(16)15-24)20(25)23-11-9-22(10-12-23)17-3-6-21-7-4-17/h3-4,6-7,16,18-19H,2,5,8-15H2,1H3/t16-,18-,19-/m1/s1. The van der Waals surface area contributed by atoms with Crippen molar-refractivity contribution in [2.24, 2.45) is 17.8 Å². The van der Waals surface area contributed by atoms with E-state index in [0.29, 0.717) is 25.4 Å². The Bertz CT molecular complexity index is 793. The lowest BCUT2D eigenvalue weighted by Crippen LogP contribution is -2.59. The predicted molar refractivity (Wildman–Crippen MR) is 108 cm³/mol. The van der Waals surface area contributed by atoms with Crippen LogP contribution in [0.1, 0.15) is 26.2 Å². The lowest BCUT2D eigenvalue weighted by Gasteiger charge is -2.51. The predicted octanol–water partition coefficient (Wildman–Crippen LogP) is 1.43. The number of nitrogens with zero attached hydrogens (tertiary/aromatic N) is 4. The number of rotatable bonds is 5. The first kappa shape index (κ1) is 19.6. The number of fused-ring (bicyclic) bond motifs is 1. The molecule has 2 aliphatic heterocycles. The number of aromatic nitrogens is 1. The van der Waals surface area contributed by atoms with Crippen molar-refractivity contribution >= 4 is 21.6 Å². The second-order valence-corrected chi connectivity index (χ2v) is 10.3. The highest BCUT2D eigenvalue weighted by Gasteiger charge is 2.50. The van der Waals surface area contributed by atoms with Crippen LogP contribution in [0.2, 0.25) is 0 Å². The number of anilines is 1. The molecular weight excluding hydrogens is 376 g/mol. The number of hydrogen-bond acceptors (Lipinski definition) is 5. The second kappa shape index (κ2) is 7.99. The summed E-state index contributed by atoms with van der Waals surface area (Å²) in [5.74, 6) is 1.15. The number of pyridine rings is 1. The average Bonchev–Trinajstić information content (AvgIpc) is 2.69. The van der Waals surface area contributed by atoms with Gasteiger partial charge in [-0.2, -0.15) is 0 Å². The summed E-state index contributed by atoms with van der Waals surface area (Å²) in [6.45, 7) is 6.15. The molecule has 4 rings (SSSR count). The third-order valence-corrected chi connectivity index (χ3v) is 8.68. The van der Waals surface area contributed by atoms with Crippen LogP contribution in [-0.2, 0) is 14.8 Å². The van der Waals surface area contributed by atoms with Crippen molar-refractivity contribution in [1.82, 2.24) is 14.2 Å². The van der Waals surface area contributed by atoms with E-state index in [1.807, 2.05) is 24.0 Å². The minimum atomic E-state index is -3.17. The Morgan fingerprint density at radius 2 is 1.86 bits per heavy atom. The zero-order valence-corrected chi connectivity index (χ0v) is 17.4. The van der Waals surface area contributed by atoms with Gasteiger partial charge in [0.25, 0.3) is 0 Å². The SMILES string of the molecule is CCCS(=O)(=O)N1CC[C@@H]2C[C@@H](C(=O)N3CCN(c4ccncc4)CC3)[C@@H]2C1. The topological polar surface area (TPSA) is 73.8 Å². The maximum Gasteiger partial charge on any atom is 0.226 e. The molecule has 1 aromatic heterocycles. The molecular formula is C20H30N4O3S. The van der Waals surface area contributed by atoms with E-state index in [1.54, 1.807) is 16.7 Å². The monoisotopic (exact) mass is 406 g/mol. The van der Waals surface area contributed by atoms with Crippen LogP contribution in [0.25, 0.3) is 0 Å². The van der Waals surface area contributed by atoms with Gasteiger partial charge in [0.15, 0.2) is 0 Å². The lowest BCUT2D eigenvalue weighted by molar-refractivity contribution is -0.147. The van der Waals surface area contributed by atoms with E-state index >= 15 is 0 Å². The van der Waals surface area contributed by atoms with Gasteiger partial charge in [0.2, 0.25) is 15.9 Å². The first-order valence-electron chi connectivity index (χ1n) is 10.4. The molecule has 0 N–H and O–H groups in total. The van der Waals surface area contributed by atoms with Crippen molar-refractivity contribution in [1.29, 1.82) is 0 Å². The summed E-state index contributed by atoms with van der Waals surface area (Å²) in [6, 6.07) is 4.00. The fourth-order valence-corrected chi connectivity index (χ4v) is 6.51. The molecule has 154 valence electrons. The van der Waals surface area contributed by atoms with Crippen LogP contribution in [0.3, 0.4) is 0 Å². The lowest BCUT2D eigenvalue weighted by atomic mass is 9.61. The van der Waals surface area contributed by atoms with Gasteiger partial charge in [-0.05, 0) is 43.2 Å². The molecule has 3 heterocycles. The van der Waals surface area contributed by atoms with Crippen molar-refractivity contribution in [2.45, 2.75) is 26.2 Å². The van der Waals surface area contributed by atoms with Crippen LogP contribution in [-0.4, -0.2) is 73.5 Å². The minimum Gasteiger partial charge on any atom is -0.368 e. The van der Waals surface area contributed by atoms with E-state index in [1.165, 1.54) is 0 Å². The maximum absolute atomic E-state index is 13.1. The van der Waals surface area contributed by atoms with Crippen molar-refractivity contribution < 1.29 is 13.2 Å². The highest BCUT2D eigenvalue weighted by atomic mass is 32.2. The Morgan fingerprint density at radius 1 is 1.14 bits per heavy atom. The molecule has 28 heavy (non-hydrogen) atoms. The van der Waals surface area contributed by atoms with Crippen LogP contribution in [0.15, 0.2) is 24.5 Å². The van der Waals surface area contributed by atoms with E-state index in [4.69, 9.17) is 0 Å². The first-order valence-corrected chi connectivity index (χ1v) is 12.0. The smallest absolute Gasteiger partial charge is 0.226 e. The first-order chi connectivity index (χ1) is 13.5. The Hall–Kier alpha value is -1.67. The Morgan fingerprint density at radius 3 is 2.54 bits per heavy atom. The van der Waals surface area contributed by atoms with E-state index < -0.39 is 10.0 Å². The molecule has 2 saturated heterocycles. The van der Waals surface area contributed by atoms with Gasteiger partial charge in [-0.25, -0.2) is 12.7 Å². The molecule has 3 aliphatic rings. The molecule has 3 fully saturated rings. The number of carbonyl (C=O) groups excluding carboxylic acids is 1. The molecule has 7 nitrogen and oxygen atoms in total. The zero-order chi connectivity index (χ0) is 19.7. The summed E-state index contributed by atoms with van der Waals surface area (Å²) in [5.41, 5.74) is 1.15. The minimum absolute atomic E-state index is 0.00268. The van der Waals surface area contributed by atoms with Gasteiger partial charge >= 0.3 is 0 Å². The highest BCUT2D eigenvalue weighted by Crippen LogP contribution is 2.47. The van der Waals surface area contributed by atoms with Gasteiger partial charge in [-0.15, -0.1) is 0 Å². The van der Waals surface area contributed by atoms with Crippen molar-refractivity contribution in [3.8, 4) is 0 Å². The van der Waals surface area contributed by atoms with Crippen molar-refractivity contribution in [3.63, 3.8) is 0 Å². The van der Waals surface area contributed by atoms with Crippen LogP contribution in [0.5, 0.6) is 0 Å². The fourth-order valence-electron chi connectivity index (χ4n) is 4.95. The molecule has 1 aliphatic carbocycles. The largest absolute Gasteiger partial charge is 0.368 e. The van der Waals surface area contributed by atoms with E-state index in [0.717, 1.165) is 44.7 Å². The molecule has 0 radical (unpaired) electrons. The Balaban J connectivity index is 1.34. The summed E-state index contributed by atoms with van der Waals surface area (Å²) >= 11 is 0. The zero-order valence-electron chi connectivity index (χ0n) is 16.5. The molecule has 1 aromatic rings. The van der Waals surface area contributed by atoms with Gasteiger partial charge < -0.3 is 9.80 Å². The van der Waals surface area contributed by atoms with Gasteiger partial charge in [0.05, 0.1) is 5.75 Å². The van der Waals surface area contributed by atoms with E-state index in [-0.39, 0.29) is 23.5 Å². The third kappa shape index (κ3) is 3.76. The molecule has 0 spiro atoms. The number of sulfonamides is 1. The average molecular weight is 407 g/mol. The highest BCUT2D eigenvalue weighted by molar-refractivity contribution is 7.89. The van der Waals surface area contributed by atoms with Crippen LogP contribution in [0.4, 0.5) is 5.69 Å². The van der Waals surface area contributed by atoms with Gasteiger partial charge in [0.1, 0.15) is 0 Å². The Kier molecular flexibility index (Phi) is 5.60. The number of piperidine rings is 1. The summed E-state index contributed by atoms with van der Waals surface area (Å²) in [4.78, 5) is 21.4. The van der Waals surface area contributed by atoms with E-state index in [9.17, 15) is 13.2 Å². The number of amides is 1. The van der Waals surface area contributed by atoms with Crippen LogP contribution >= 0.6 is 0 Å². The van der Waals surface area contributed by atoms with Gasteiger partial charge in [-0.3, -0.25) is 9.78 Å². The normalized spacial score (nSPS) is 28.5. The third-order valence-electron chi connectivity index (χ3n) is 6.63.